The van der Waals surface area contributed by atoms with E-state index < -0.39 is 6.04 Å². The maximum Gasteiger partial charge on any atom is 0.255 e. The number of carbonyl (C=O) groups is 3. The summed E-state index contributed by atoms with van der Waals surface area (Å²) >= 11 is 0. The van der Waals surface area contributed by atoms with Gasteiger partial charge in [0.2, 0.25) is 11.8 Å². The third-order valence-electron chi connectivity index (χ3n) is 6.81. The summed E-state index contributed by atoms with van der Waals surface area (Å²) in [4.78, 5) is 37.8. The largest absolute Gasteiger partial charge is 0.322 e. The molecule has 1 aliphatic carbocycles. The number of imide groups is 1. The van der Waals surface area contributed by atoms with Gasteiger partial charge in [-0.25, -0.2) is 0 Å². The number of amides is 3. The monoisotopic (exact) mass is 382 g/mol. The standard InChI is InChI=1S/C21H26N4O3/c26-18-4-3-17(19(27)24-18)25-12-15-7-13(1-2-16(15)20(25)28)10-22-11-14-8-21(9-14)5-6-23-21/h1-2,7,14,17,22-23H,3-6,8-12H2,(H,24,26,27). The van der Waals surface area contributed by atoms with E-state index in [0.29, 0.717) is 24.1 Å². The number of nitrogens with zero attached hydrogens (tertiary/aromatic N) is 1. The predicted molar refractivity (Wildman–Crippen MR) is 102 cm³/mol. The molecule has 3 fully saturated rings. The van der Waals surface area contributed by atoms with E-state index in [0.717, 1.165) is 30.1 Å². The lowest BCUT2D eigenvalue weighted by atomic mass is 9.63. The normalized spacial score (nSPS) is 31.4. The summed E-state index contributed by atoms with van der Waals surface area (Å²) < 4.78 is 0. The first-order chi connectivity index (χ1) is 13.5. The number of rotatable bonds is 5. The summed E-state index contributed by atoms with van der Waals surface area (Å²) in [6.45, 7) is 3.42. The quantitative estimate of drug-likeness (QED) is 0.652. The van der Waals surface area contributed by atoms with Crippen LogP contribution < -0.4 is 16.0 Å². The van der Waals surface area contributed by atoms with Crippen LogP contribution in [0.1, 0.15) is 53.6 Å². The van der Waals surface area contributed by atoms with Crippen LogP contribution >= 0.6 is 0 Å². The molecule has 1 spiro atoms. The van der Waals surface area contributed by atoms with Crippen molar-refractivity contribution in [2.24, 2.45) is 5.92 Å². The molecule has 5 rings (SSSR count). The third kappa shape index (κ3) is 3.02. The molecule has 1 aromatic rings. The molecule has 3 N–H and O–H groups in total. The van der Waals surface area contributed by atoms with Crippen LogP contribution in [0.4, 0.5) is 0 Å². The van der Waals surface area contributed by atoms with Crippen molar-refractivity contribution in [3.05, 3.63) is 34.9 Å². The fraction of sp³-hybridized carbons (Fsp3) is 0.571. The molecule has 1 atom stereocenters. The summed E-state index contributed by atoms with van der Waals surface area (Å²) in [6.07, 6.45) is 4.56. The van der Waals surface area contributed by atoms with Gasteiger partial charge >= 0.3 is 0 Å². The predicted octanol–water partition coefficient (Wildman–Crippen LogP) is 0.679. The molecule has 2 saturated heterocycles. The highest BCUT2D eigenvalue weighted by Gasteiger charge is 2.47. The molecule has 3 amide bonds. The van der Waals surface area contributed by atoms with E-state index in [1.807, 2.05) is 12.1 Å². The van der Waals surface area contributed by atoms with Crippen LogP contribution in [0, 0.1) is 5.92 Å². The van der Waals surface area contributed by atoms with E-state index in [1.165, 1.54) is 25.8 Å². The van der Waals surface area contributed by atoms with E-state index in [2.05, 4.69) is 22.0 Å². The second-order valence-corrected chi connectivity index (χ2v) is 8.75. The fourth-order valence-corrected chi connectivity index (χ4v) is 5.18. The maximum absolute atomic E-state index is 12.7. The highest BCUT2D eigenvalue weighted by Crippen LogP contribution is 2.43. The molecule has 7 heteroatoms. The zero-order valence-corrected chi connectivity index (χ0v) is 15.9. The van der Waals surface area contributed by atoms with Crippen LogP contribution in [-0.2, 0) is 22.7 Å². The van der Waals surface area contributed by atoms with Crippen molar-refractivity contribution in [1.29, 1.82) is 0 Å². The van der Waals surface area contributed by atoms with Gasteiger partial charge < -0.3 is 15.5 Å². The zero-order chi connectivity index (χ0) is 19.3. The van der Waals surface area contributed by atoms with Crippen molar-refractivity contribution in [1.82, 2.24) is 20.9 Å². The molecule has 0 bridgehead atoms. The molecule has 1 unspecified atom stereocenters. The molecule has 4 aliphatic rings. The molecule has 148 valence electrons. The highest BCUT2D eigenvalue weighted by molar-refractivity contribution is 6.05. The molecular weight excluding hydrogens is 356 g/mol. The molecular formula is C21H26N4O3. The van der Waals surface area contributed by atoms with Crippen LogP contribution in [0.25, 0.3) is 0 Å². The van der Waals surface area contributed by atoms with Crippen molar-refractivity contribution < 1.29 is 14.4 Å². The van der Waals surface area contributed by atoms with Gasteiger partial charge in [0, 0.05) is 30.6 Å². The summed E-state index contributed by atoms with van der Waals surface area (Å²) in [5.41, 5.74) is 3.27. The van der Waals surface area contributed by atoms with Gasteiger partial charge in [-0.05, 0) is 61.9 Å². The van der Waals surface area contributed by atoms with E-state index in [4.69, 9.17) is 0 Å². The third-order valence-corrected chi connectivity index (χ3v) is 6.81. The number of piperidine rings is 1. The minimum atomic E-state index is -0.551. The average molecular weight is 382 g/mol. The second-order valence-electron chi connectivity index (χ2n) is 8.75. The Kier molecular flexibility index (Phi) is 4.25. The Balaban J connectivity index is 1.17. The first-order valence-corrected chi connectivity index (χ1v) is 10.3. The van der Waals surface area contributed by atoms with E-state index >= 15 is 0 Å². The Morgan fingerprint density at radius 1 is 1.21 bits per heavy atom. The lowest BCUT2D eigenvalue weighted by Gasteiger charge is -2.55. The minimum absolute atomic E-state index is 0.114. The van der Waals surface area contributed by atoms with Gasteiger partial charge in [-0.3, -0.25) is 19.7 Å². The summed E-state index contributed by atoms with van der Waals surface area (Å²) in [6, 6.07) is 5.39. The summed E-state index contributed by atoms with van der Waals surface area (Å²) in [7, 11) is 0. The number of hydrogen-bond acceptors (Lipinski definition) is 5. The number of carbonyl (C=O) groups excluding carboxylic acids is 3. The van der Waals surface area contributed by atoms with Gasteiger partial charge in [-0.2, -0.15) is 0 Å². The average Bonchev–Trinajstić information content (AvgIpc) is 2.91. The molecule has 1 saturated carbocycles. The molecule has 3 heterocycles. The summed E-state index contributed by atoms with van der Waals surface area (Å²) in [5, 5.41) is 9.45. The molecule has 28 heavy (non-hydrogen) atoms. The summed E-state index contributed by atoms with van der Waals surface area (Å²) in [5.74, 6) is 0.0198. The van der Waals surface area contributed by atoms with Crippen LogP contribution in [0.3, 0.4) is 0 Å². The molecule has 1 aromatic carbocycles. The molecule has 3 aliphatic heterocycles. The van der Waals surface area contributed by atoms with Gasteiger partial charge in [-0.15, -0.1) is 0 Å². The molecule has 0 radical (unpaired) electrons. The highest BCUT2D eigenvalue weighted by atomic mass is 16.2. The van der Waals surface area contributed by atoms with Crippen molar-refractivity contribution in [3.63, 3.8) is 0 Å². The van der Waals surface area contributed by atoms with Gasteiger partial charge in [0.15, 0.2) is 0 Å². The number of nitrogens with one attached hydrogen (secondary N) is 3. The van der Waals surface area contributed by atoms with Gasteiger partial charge in [0.25, 0.3) is 5.91 Å². The lowest BCUT2D eigenvalue weighted by molar-refractivity contribution is -0.136. The van der Waals surface area contributed by atoms with E-state index in [-0.39, 0.29) is 24.1 Å². The number of fused-ring (bicyclic) bond motifs is 1. The first kappa shape index (κ1) is 17.8. The molecule has 0 aromatic heterocycles. The van der Waals surface area contributed by atoms with Gasteiger partial charge in [0.1, 0.15) is 6.04 Å². The van der Waals surface area contributed by atoms with E-state index in [1.54, 1.807) is 4.90 Å². The molecule has 7 nitrogen and oxygen atoms in total. The topological polar surface area (TPSA) is 90.5 Å². The first-order valence-electron chi connectivity index (χ1n) is 10.3. The Morgan fingerprint density at radius 2 is 2.04 bits per heavy atom. The second kappa shape index (κ2) is 6.67. The Morgan fingerprint density at radius 3 is 2.75 bits per heavy atom. The fourth-order valence-electron chi connectivity index (χ4n) is 5.18. The Labute approximate surface area is 164 Å². The van der Waals surface area contributed by atoms with Crippen LogP contribution in [0.5, 0.6) is 0 Å². The lowest BCUT2D eigenvalue weighted by Crippen LogP contribution is -2.65. The van der Waals surface area contributed by atoms with Crippen molar-refractivity contribution >= 4 is 17.7 Å². The number of benzene rings is 1. The van der Waals surface area contributed by atoms with Crippen molar-refractivity contribution in [3.8, 4) is 0 Å². The smallest absolute Gasteiger partial charge is 0.255 e. The van der Waals surface area contributed by atoms with Crippen LogP contribution in [0.15, 0.2) is 18.2 Å². The van der Waals surface area contributed by atoms with Crippen molar-refractivity contribution in [2.75, 3.05) is 13.1 Å². The Bertz CT molecular complexity index is 840. The van der Waals surface area contributed by atoms with Gasteiger partial charge in [-0.1, -0.05) is 12.1 Å². The SMILES string of the molecule is O=C1CCC(N2Cc3cc(CNCC4CC5(CCN5)C4)ccc3C2=O)C(=O)N1. The van der Waals surface area contributed by atoms with Gasteiger partial charge in [0.05, 0.1) is 0 Å². The zero-order valence-electron chi connectivity index (χ0n) is 15.9. The van der Waals surface area contributed by atoms with Crippen LogP contribution in [-0.4, -0.2) is 47.3 Å². The maximum atomic E-state index is 12.7. The Hall–Kier alpha value is -2.25. The van der Waals surface area contributed by atoms with Crippen molar-refractivity contribution in [2.45, 2.75) is 56.8 Å². The van der Waals surface area contributed by atoms with E-state index in [9.17, 15) is 14.4 Å². The minimum Gasteiger partial charge on any atom is -0.322 e. The van der Waals surface area contributed by atoms with Crippen LogP contribution in [0.2, 0.25) is 0 Å². The number of hydrogen-bond donors (Lipinski definition) is 3.